The fourth-order valence-electron chi connectivity index (χ4n) is 2.68. The zero-order valence-corrected chi connectivity index (χ0v) is 14.4. The molecule has 0 amide bonds. The summed E-state index contributed by atoms with van der Waals surface area (Å²) in [5.74, 6) is 0. The van der Waals surface area contributed by atoms with Crippen molar-refractivity contribution in [2.45, 2.75) is 89.9 Å². The van der Waals surface area contributed by atoms with E-state index in [4.69, 9.17) is 11.5 Å². The molecule has 0 spiro atoms. The van der Waals surface area contributed by atoms with Gasteiger partial charge in [-0.05, 0) is 51.9 Å². The fourth-order valence-corrected chi connectivity index (χ4v) is 2.68. The monoisotopic (exact) mass is 299 g/mol. The standard InChI is InChI=1S/C18H41N3/c19-15-11-7-5-3-1-2-4-6-9-13-17-21-18-14-10-8-12-16-20/h21H,1-20H2. The van der Waals surface area contributed by atoms with E-state index in [2.05, 4.69) is 5.32 Å². The third kappa shape index (κ3) is 19.9. The molecule has 0 aromatic carbocycles. The normalized spacial score (nSPS) is 11.1. The Kier molecular flexibility index (Phi) is 19.8. The maximum Gasteiger partial charge on any atom is -0.00489 e. The van der Waals surface area contributed by atoms with Gasteiger partial charge in [-0.3, -0.25) is 0 Å². The molecule has 128 valence electrons. The Hall–Kier alpha value is -0.120. The summed E-state index contributed by atoms with van der Waals surface area (Å²) in [4.78, 5) is 0. The molecule has 0 heterocycles. The van der Waals surface area contributed by atoms with Crippen LogP contribution >= 0.6 is 0 Å². The van der Waals surface area contributed by atoms with Gasteiger partial charge in [0.2, 0.25) is 0 Å². The van der Waals surface area contributed by atoms with Crippen LogP contribution in [0.15, 0.2) is 0 Å². The molecule has 0 aliphatic rings. The number of nitrogens with one attached hydrogen (secondary N) is 1. The predicted molar refractivity (Wildman–Crippen MR) is 95.6 cm³/mol. The summed E-state index contributed by atoms with van der Waals surface area (Å²) in [5, 5.41) is 3.55. The van der Waals surface area contributed by atoms with Gasteiger partial charge < -0.3 is 16.8 Å². The van der Waals surface area contributed by atoms with Gasteiger partial charge in [0.15, 0.2) is 0 Å². The van der Waals surface area contributed by atoms with Crippen molar-refractivity contribution in [2.24, 2.45) is 11.5 Å². The molecule has 5 N–H and O–H groups in total. The first kappa shape index (κ1) is 20.9. The molecule has 0 atom stereocenters. The second kappa shape index (κ2) is 19.9. The summed E-state index contributed by atoms with van der Waals surface area (Å²) in [6.07, 6.45) is 18.9. The minimum Gasteiger partial charge on any atom is -0.330 e. The Balaban J connectivity index is 2.90. The minimum atomic E-state index is 0.848. The number of nitrogens with two attached hydrogens (primary N) is 2. The molecule has 0 unspecified atom stereocenters. The highest BCUT2D eigenvalue weighted by molar-refractivity contribution is 4.52. The first-order chi connectivity index (χ1) is 10.4. The van der Waals surface area contributed by atoms with E-state index in [0.717, 1.165) is 13.1 Å². The lowest BCUT2D eigenvalue weighted by molar-refractivity contribution is 0.533. The van der Waals surface area contributed by atoms with Gasteiger partial charge >= 0.3 is 0 Å². The molecule has 0 aromatic heterocycles. The van der Waals surface area contributed by atoms with Crippen LogP contribution in [0.25, 0.3) is 0 Å². The van der Waals surface area contributed by atoms with Crippen molar-refractivity contribution in [3.8, 4) is 0 Å². The molecule has 0 radical (unpaired) electrons. The highest BCUT2D eigenvalue weighted by atomic mass is 14.8. The quantitative estimate of drug-likeness (QED) is 0.336. The van der Waals surface area contributed by atoms with Gasteiger partial charge in [0.1, 0.15) is 0 Å². The zero-order valence-electron chi connectivity index (χ0n) is 14.4. The molecule has 3 heteroatoms. The van der Waals surface area contributed by atoms with Crippen molar-refractivity contribution in [2.75, 3.05) is 26.2 Å². The smallest absolute Gasteiger partial charge is 0.00489 e. The van der Waals surface area contributed by atoms with E-state index < -0.39 is 0 Å². The first-order valence-electron chi connectivity index (χ1n) is 9.52. The maximum atomic E-state index is 5.49. The Morgan fingerprint density at radius 3 is 1.00 bits per heavy atom. The number of rotatable bonds is 18. The molecule has 21 heavy (non-hydrogen) atoms. The lowest BCUT2D eigenvalue weighted by Gasteiger charge is -2.05. The topological polar surface area (TPSA) is 64.1 Å². The SMILES string of the molecule is NCCCCCCCCCCCCNCCCCCCN. The van der Waals surface area contributed by atoms with Gasteiger partial charge in [-0.15, -0.1) is 0 Å². The minimum absolute atomic E-state index is 0.848. The molecular weight excluding hydrogens is 258 g/mol. The largest absolute Gasteiger partial charge is 0.330 e. The third-order valence-electron chi connectivity index (χ3n) is 4.12. The molecule has 0 bridgehead atoms. The van der Waals surface area contributed by atoms with Crippen LogP contribution in [0.4, 0.5) is 0 Å². The summed E-state index contributed by atoms with van der Waals surface area (Å²) < 4.78 is 0. The summed E-state index contributed by atoms with van der Waals surface area (Å²) in [5.41, 5.74) is 11.0. The van der Waals surface area contributed by atoms with E-state index in [9.17, 15) is 0 Å². The van der Waals surface area contributed by atoms with E-state index >= 15 is 0 Å². The highest BCUT2D eigenvalue weighted by Gasteiger charge is 1.93. The Morgan fingerprint density at radius 2 is 0.667 bits per heavy atom. The van der Waals surface area contributed by atoms with Gasteiger partial charge in [-0.1, -0.05) is 64.2 Å². The molecule has 0 fully saturated rings. The van der Waals surface area contributed by atoms with Crippen LogP contribution in [0.5, 0.6) is 0 Å². The van der Waals surface area contributed by atoms with E-state index in [1.54, 1.807) is 0 Å². The molecule has 0 saturated heterocycles. The molecule has 3 nitrogen and oxygen atoms in total. The van der Waals surface area contributed by atoms with E-state index in [1.807, 2.05) is 0 Å². The Labute approximate surface area is 133 Å². The zero-order chi connectivity index (χ0) is 15.4. The van der Waals surface area contributed by atoms with Crippen molar-refractivity contribution in [3.05, 3.63) is 0 Å². The molecule has 0 aliphatic heterocycles. The van der Waals surface area contributed by atoms with Crippen molar-refractivity contribution in [3.63, 3.8) is 0 Å². The number of hydrogen-bond donors (Lipinski definition) is 3. The van der Waals surface area contributed by atoms with Gasteiger partial charge in [-0.25, -0.2) is 0 Å². The van der Waals surface area contributed by atoms with Crippen LogP contribution in [0.2, 0.25) is 0 Å². The first-order valence-corrected chi connectivity index (χ1v) is 9.52. The van der Waals surface area contributed by atoms with Crippen LogP contribution in [0.1, 0.15) is 89.9 Å². The lowest BCUT2D eigenvalue weighted by Crippen LogP contribution is -2.16. The van der Waals surface area contributed by atoms with Crippen LogP contribution < -0.4 is 16.8 Å². The van der Waals surface area contributed by atoms with Crippen molar-refractivity contribution >= 4 is 0 Å². The summed E-state index contributed by atoms with van der Waals surface area (Å²) in [6.45, 7) is 4.10. The van der Waals surface area contributed by atoms with Crippen LogP contribution in [0.3, 0.4) is 0 Å². The molecule has 0 aliphatic carbocycles. The van der Waals surface area contributed by atoms with Crippen molar-refractivity contribution in [1.82, 2.24) is 5.32 Å². The van der Waals surface area contributed by atoms with E-state index in [0.29, 0.717) is 0 Å². The second-order valence-corrected chi connectivity index (χ2v) is 6.28. The van der Waals surface area contributed by atoms with Gasteiger partial charge in [0.05, 0.1) is 0 Å². The van der Waals surface area contributed by atoms with Crippen LogP contribution in [-0.4, -0.2) is 26.2 Å². The van der Waals surface area contributed by atoms with Gasteiger partial charge in [0, 0.05) is 0 Å². The second-order valence-electron chi connectivity index (χ2n) is 6.28. The molecule has 0 rings (SSSR count). The summed E-state index contributed by atoms with van der Waals surface area (Å²) >= 11 is 0. The Bertz CT molecular complexity index is 156. The van der Waals surface area contributed by atoms with Crippen LogP contribution in [-0.2, 0) is 0 Å². The van der Waals surface area contributed by atoms with E-state index in [-0.39, 0.29) is 0 Å². The average Bonchev–Trinajstić information content (AvgIpc) is 2.50. The van der Waals surface area contributed by atoms with Crippen molar-refractivity contribution in [1.29, 1.82) is 0 Å². The fraction of sp³-hybridized carbons (Fsp3) is 1.00. The Morgan fingerprint density at radius 1 is 0.381 bits per heavy atom. The van der Waals surface area contributed by atoms with Crippen LogP contribution in [0, 0.1) is 0 Å². The van der Waals surface area contributed by atoms with E-state index in [1.165, 1.54) is 103 Å². The maximum absolute atomic E-state index is 5.49. The predicted octanol–water partition coefficient (Wildman–Crippen LogP) is 3.95. The number of hydrogen-bond acceptors (Lipinski definition) is 3. The number of unbranched alkanes of at least 4 members (excludes halogenated alkanes) is 12. The van der Waals surface area contributed by atoms with Gasteiger partial charge in [-0.2, -0.15) is 0 Å². The average molecular weight is 300 g/mol. The molecule has 0 saturated carbocycles. The van der Waals surface area contributed by atoms with Gasteiger partial charge in [0.25, 0.3) is 0 Å². The third-order valence-corrected chi connectivity index (χ3v) is 4.12. The summed E-state index contributed by atoms with van der Waals surface area (Å²) in [6, 6.07) is 0. The van der Waals surface area contributed by atoms with Crippen molar-refractivity contribution < 1.29 is 0 Å². The highest BCUT2D eigenvalue weighted by Crippen LogP contribution is 2.10. The summed E-state index contributed by atoms with van der Waals surface area (Å²) in [7, 11) is 0. The molecule has 0 aromatic rings. The molecular formula is C18H41N3. The lowest BCUT2D eigenvalue weighted by atomic mass is 10.1.